The van der Waals surface area contributed by atoms with Crippen LogP contribution in [-0.2, 0) is 9.53 Å². The smallest absolute Gasteiger partial charge is 0.238 e. The van der Waals surface area contributed by atoms with E-state index < -0.39 is 0 Å². The summed E-state index contributed by atoms with van der Waals surface area (Å²) in [4.78, 5) is 14.6. The number of aromatic nitrogens is 2. The molecule has 1 atom stereocenters. The van der Waals surface area contributed by atoms with Crippen molar-refractivity contribution in [3.05, 3.63) is 44.6 Å². The summed E-state index contributed by atoms with van der Waals surface area (Å²) in [7, 11) is 0. The van der Waals surface area contributed by atoms with Gasteiger partial charge >= 0.3 is 0 Å². The molecule has 1 saturated heterocycles. The van der Waals surface area contributed by atoms with Crippen LogP contribution in [0.25, 0.3) is 0 Å². The van der Waals surface area contributed by atoms with Crippen LogP contribution >= 0.6 is 27.5 Å². The lowest BCUT2D eigenvalue weighted by Crippen LogP contribution is -2.44. The zero-order valence-corrected chi connectivity index (χ0v) is 16.4. The third kappa shape index (κ3) is 4.23. The summed E-state index contributed by atoms with van der Waals surface area (Å²) in [6.07, 6.45) is 0. The first kappa shape index (κ1) is 18.4. The topological polar surface area (TPSA) is 70.2 Å². The van der Waals surface area contributed by atoms with E-state index in [-0.39, 0.29) is 18.5 Å². The Labute approximate surface area is 160 Å². The van der Waals surface area contributed by atoms with E-state index in [1.165, 1.54) is 0 Å². The molecule has 2 aromatic rings. The number of H-pyrrole nitrogens is 1. The van der Waals surface area contributed by atoms with Crippen molar-refractivity contribution in [2.75, 3.05) is 31.6 Å². The minimum absolute atomic E-state index is 0.0126. The molecule has 1 unspecified atom stereocenters. The van der Waals surface area contributed by atoms with Crippen LogP contribution in [0.5, 0.6) is 0 Å². The third-order valence-corrected chi connectivity index (χ3v) is 5.12. The average Bonchev–Trinajstić information content (AvgIpc) is 2.90. The molecule has 0 aliphatic carbocycles. The Bertz CT molecular complexity index is 761. The van der Waals surface area contributed by atoms with Crippen LogP contribution in [0.4, 0.5) is 5.69 Å². The molecule has 25 heavy (non-hydrogen) atoms. The van der Waals surface area contributed by atoms with E-state index in [4.69, 9.17) is 16.3 Å². The normalized spacial score (nSPS) is 18.3. The van der Waals surface area contributed by atoms with Crippen molar-refractivity contribution in [1.82, 2.24) is 15.1 Å². The summed E-state index contributed by atoms with van der Waals surface area (Å²) in [5, 5.41) is 10.7. The third-order valence-electron chi connectivity index (χ3n) is 4.31. The van der Waals surface area contributed by atoms with Gasteiger partial charge < -0.3 is 10.1 Å². The number of hydrogen-bond acceptors (Lipinski definition) is 4. The van der Waals surface area contributed by atoms with Gasteiger partial charge in [0.2, 0.25) is 5.91 Å². The lowest BCUT2D eigenvalue weighted by atomic mass is 10.0. The van der Waals surface area contributed by atoms with Gasteiger partial charge in [-0.3, -0.25) is 14.8 Å². The van der Waals surface area contributed by atoms with Crippen LogP contribution in [0.3, 0.4) is 0 Å². The number of amides is 1. The summed E-state index contributed by atoms with van der Waals surface area (Å²) in [5.74, 6) is -0.102. The second kappa shape index (κ2) is 7.86. The van der Waals surface area contributed by atoms with Crippen LogP contribution < -0.4 is 5.32 Å². The molecule has 1 aromatic carbocycles. The molecule has 1 amide bonds. The highest BCUT2D eigenvalue weighted by atomic mass is 79.9. The number of halogens is 2. The predicted octanol–water partition coefficient (Wildman–Crippen LogP) is 3.45. The van der Waals surface area contributed by atoms with Crippen LogP contribution in [0.1, 0.15) is 23.0 Å². The number of benzene rings is 1. The summed E-state index contributed by atoms with van der Waals surface area (Å²) < 4.78 is 6.51. The van der Waals surface area contributed by atoms with Crippen molar-refractivity contribution >= 4 is 39.1 Å². The molecule has 8 heteroatoms. The molecular weight excluding hydrogens is 408 g/mol. The zero-order chi connectivity index (χ0) is 18.0. The Kier molecular flexibility index (Phi) is 5.78. The molecule has 6 nitrogen and oxygen atoms in total. The van der Waals surface area contributed by atoms with E-state index in [1.807, 2.05) is 19.9 Å². The number of ether oxygens (including phenoxy) is 1. The van der Waals surface area contributed by atoms with Crippen LogP contribution in [0.2, 0.25) is 5.02 Å². The van der Waals surface area contributed by atoms with Crippen LogP contribution in [0, 0.1) is 13.8 Å². The Balaban J connectivity index is 1.72. The highest BCUT2D eigenvalue weighted by Gasteiger charge is 2.29. The minimum Gasteiger partial charge on any atom is -0.378 e. The highest BCUT2D eigenvalue weighted by molar-refractivity contribution is 9.10. The van der Waals surface area contributed by atoms with Crippen molar-refractivity contribution in [1.29, 1.82) is 0 Å². The maximum atomic E-state index is 12.5. The van der Waals surface area contributed by atoms with E-state index in [1.54, 1.807) is 12.1 Å². The molecule has 134 valence electrons. The summed E-state index contributed by atoms with van der Waals surface area (Å²) >= 11 is 9.53. The largest absolute Gasteiger partial charge is 0.378 e. The number of carbonyl (C=O) groups excluding carboxylic acids is 1. The van der Waals surface area contributed by atoms with Crippen LogP contribution in [-0.4, -0.2) is 47.3 Å². The van der Waals surface area contributed by atoms with Gasteiger partial charge in [0.1, 0.15) is 0 Å². The number of morpholine rings is 1. The molecular formula is C17H20BrClN4O2. The van der Waals surface area contributed by atoms with Gasteiger partial charge in [0.05, 0.1) is 42.2 Å². The van der Waals surface area contributed by atoms with E-state index in [0.29, 0.717) is 30.5 Å². The van der Waals surface area contributed by atoms with E-state index >= 15 is 0 Å². The molecule has 1 aliphatic rings. The fourth-order valence-corrected chi connectivity index (χ4v) is 3.83. The second-order valence-electron chi connectivity index (χ2n) is 6.08. The van der Waals surface area contributed by atoms with Crippen molar-refractivity contribution in [2.24, 2.45) is 0 Å². The van der Waals surface area contributed by atoms with Gasteiger partial charge in [-0.25, -0.2) is 0 Å². The first-order chi connectivity index (χ1) is 12.0. The molecule has 0 radical (unpaired) electrons. The first-order valence-electron chi connectivity index (χ1n) is 8.04. The summed E-state index contributed by atoms with van der Waals surface area (Å²) in [6.45, 7) is 6.07. The zero-order valence-electron chi connectivity index (χ0n) is 14.1. The lowest BCUT2D eigenvalue weighted by molar-refractivity contribution is -0.119. The average molecular weight is 428 g/mol. The fourth-order valence-electron chi connectivity index (χ4n) is 3.11. The summed E-state index contributed by atoms with van der Waals surface area (Å²) in [5.41, 5.74) is 3.66. The second-order valence-corrected chi connectivity index (χ2v) is 7.40. The van der Waals surface area contributed by atoms with Crippen LogP contribution in [0.15, 0.2) is 22.7 Å². The summed E-state index contributed by atoms with van der Waals surface area (Å²) in [6, 6.07) is 5.40. The number of carbonyl (C=O) groups is 1. The molecule has 0 spiro atoms. The van der Waals surface area contributed by atoms with Crippen molar-refractivity contribution in [3.8, 4) is 0 Å². The molecule has 2 heterocycles. The SMILES string of the molecule is Cc1n[nH]c(C)c1C1COCCN1CC(=O)Nc1ccc(Br)cc1Cl. The number of anilines is 1. The minimum atomic E-state index is -0.102. The molecule has 1 aromatic heterocycles. The maximum Gasteiger partial charge on any atom is 0.238 e. The van der Waals surface area contributed by atoms with Gasteiger partial charge in [0.25, 0.3) is 0 Å². The Morgan fingerprint density at radius 3 is 3.00 bits per heavy atom. The molecule has 0 bridgehead atoms. The number of aryl methyl sites for hydroxylation is 2. The van der Waals surface area contributed by atoms with E-state index in [9.17, 15) is 4.79 Å². The number of aromatic amines is 1. The number of nitrogens with one attached hydrogen (secondary N) is 2. The van der Waals surface area contributed by atoms with Gasteiger partial charge in [-0.15, -0.1) is 0 Å². The van der Waals surface area contributed by atoms with E-state index in [0.717, 1.165) is 21.4 Å². The van der Waals surface area contributed by atoms with Crippen molar-refractivity contribution < 1.29 is 9.53 Å². The highest BCUT2D eigenvalue weighted by Crippen LogP contribution is 2.29. The van der Waals surface area contributed by atoms with Gasteiger partial charge in [-0.2, -0.15) is 5.10 Å². The number of rotatable bonds is 4. The number of nitrogens with zero attached hydrogens (tertiary/aromatic N) is 2. The van der Waals surface area contributed by atoms with Gasteiger partial charge in [-0.1, -0.05) is 27.5 Å². The van der Waals surface area contributed by atoms with Crippen molar-refractivity contribution in [2.45, 2.75) is 19.9 Å². The van der Waals surface area contributed by atoms with Gasteiger partial charge in [-0.05, 0) is 32.0 Å². The first-order valence-corrected chi connectivity index (χ1v) is 9.21. The fraction of sp³-hybridized carbons (Fsp3) is 0.412. The van der Waals surface area contributed by atoms with Gasteiger partial charge in [0, 0.05) is 22.3 Å². The molecule has 0 saturated carbocycles. The Morgan fingerprint density at radius 1 is 1.52 bits per heavy atom. The molecule has 1 aliphatic heterocycles. The maximum absolute atomic E-state index is 12.5. The Morgan fingerprint density at radius 2 is 2.32 bits per heavy atom. The standard InChI is InChI=1S/C17H20BrClN4O2/c1-10-17(11(2)22-21-10)15-9-25-6-5-23(15)8-16(24)20-14-4-3-12(18)7-13(14)19/h3-4,7,15H,5-6,8-9H2,1-2H3,(H,20,24)(H,21,22). The lowest BCUT2D eigenvalue weighted by Gasteiger charge is -2.35. The number of hydrogen-bond donors (Lipinski definition) is 2. The quantitative estimate of drug-likeness (QED) is 0.784. The molecule has 3 rings (SSSR count). The molecule has 1 fully saturated rings. The predicted molar refractivity (Wildman–Crippen MR) is 101 cm³/mol. The van der Waals surface area contributed by atoms with Crippen molar-refractivity contribution in [3.63, 3.8) is 0 Å². The van der Waals surface area contributed by atoms with E-state index in [2.05, 4.69) is 36.3 Å². The molecule has 2 N–H and O–H groups in total. The van der Waals surface area contributed by atoms with Gasteiger partial charge in [0.15, 0.2) is 0 Å². The monoisotopic (exact) mass is 426 g/mol. The Hall–Kier alpha value is -1.41.